The van der Waals surface area contributed by atoms with Gasteiger partial charge in [-0.05, 0) is 50.3 Å². The van der Waals surface area contributed by atoms with Crippen LogP contribution in [0.4, 0.5) is 0 Å². The third-order valence-corrected chi connectivity index (χ3v) is 7.06. The number of rotatable bonds is 7. The number of H-pyrrole nitrogens is 1. The summed E-state index contributed by atoms with van der Waals surface area (Å²) in [6.07, 6.45) is 5.03. The van der Waals surface area contributed by atoms with E-state index in [0.717, 1.165) is 29.9 Å². The summed E-state index contributed by atoms with van der Waals surface area (Å²) >= 11 is 0. The van der Waals surface area contributed by atoms with E-state index >= 15 is 0 Å². The second-order valence-corrected chi connectivity index (χ2v) is 9.25. The van der Waals surface area contributed by atoms with Crippen LogP contribution in [0.15, 0.2) is 44.8 Å². The van der Waals surface area contributed by atoms with Gasteiger partial charge < -0.3 is 9.72 Å². The van der Waals surface area contributed by atoms with Gasteiger partial charge in [-0.3, -0.25) is 9.36 Å². The van der Waals surface area contributed by atoms with Crippen molar-refractivity contribution in [3.8, 4) is 0 Å². The molecular formula is C19H21N3O6S. The number of hydrogen-bond donors (Lipinski definition) is 2. The number of allylic oxidation sites excluding steroid dienone is 1. The maximum Gasteiger partial charge on any atom is 0.330 e. The first-order valence-corrected chi connectivity index (χ1v) is 10.9. The van der Waals surface area contributed by atoms with Gasteiger partial charge in [0.05, 0.1) is 22.4 Å². The van der Waals surface area contributed by atoms with Crippen LogP contribution in [0.3, 0.4) is 0 Å². The lowest BCUT2D eigenvalue weighted by molar-refractivity contribution is -0.137. The van der Waals surface area contributed by atoms with E-state index in [-0.39, 0.29) is 34.5 Å². The Morgan fingerprint density at radius 2 is 2.07 bits per heavy atom. The SMILES string of the molecule is CCOC(=O)/C=C/Cn1c(=O)[nH]c2ccc(S(=O)(=O)NC34CC(C3)C4)cc2c1=O. The van der Waals surface area contributed by atoms with Crippen LogP contribution in [-0.4, -0.2) is 36.1 Å². The number of carbonyl (C=O) groups is 1. The first-order valence-electron chi connectivity index (χ1n) is 9.37. The highest BCUT2D eigenvalue weighted by atomic mass is 32.2. The van der Waals surface area contributed by atoms with Crippen molar-refractivity contribution in [2.75, 3.05) is 6.61 Å². The number of aromatic amines is 1. The number of benzene rings is 1. The molecule has 0 saturated heterocycles. The normalized spacial score (nSPS) is 23.0. The summed E-state index contributed by atoms with van der Waals surface area (Å²) in [6.45, 7) is 1.73. The lowest BCUT2D eigenvalue weighted by atomic mass is 9.50. The molecule has 1 aromatic heterocycles. The van der Waals surface area contributed by atoms with Crippen molar-refractivity contribution in [2.45, 2.75) is 43.2 Å². The molecule has 29 heavy (non-hydrogen) atoms. The molecule has 0 aliphatic heterocycles. The Bertz CT molecular complexity index is 1220. The zero-order chi connectivity index (χ0) is 20.8. The molecule has 2 aromatic rings. The Morgan fingerprint density at radius 1 is 1.34 bits per heavy atom. The Balaban J connectivity index is 1.66. The van der Waals surface area contributed by atoms with Crippen LogP contribution in [0, 0.1) is 5.92 Å². The first-order chi connectivity index (χ1) is 13.7. The molecule has 3 aliphatic carbocycles. The van der Waals surface area contributed by atoms with Crippen LogP contribution < -0.4 is 16.0 Å². The zero-order valence-corrected chi connectivity index (χ0v) is 16.6. The molecule has 0 unspecified atom stereocenters. The molecule has 1 heterocycles. The Hall–Kier alpha value is -2.72. The number of hydrogen-bond acceptors (Lipinski definition) is 6. The molecule has 1 aromatic carbocycles. The van der Waals surface area contributed by atoms with Crippen molar-refractivity contribution in [3.05, 3.63) is 51.2 Å². The highest BCUT2D eigenvalue weighted by molar-refractivity contribution is 7.89. The Kier molecular flexibility index (Phi) is 4.70. The minimum Gasteiger partial charge on any atom is -0.463 e. The molecule has 3 aliphatic rings. The second kappa shape index (κ2) is 6.96. The molecule has 0 atom stereocenters. The first kappa shape index (κ1) is 19.6. The van der Waals surface area contributed by atoms with E-state index in [1.807, 2.05) is 0 Å². The van der Waals surface area contributed by atoms with E-state index in [2.05, 4.69) is 9.71 Å². The fourth-order valence-electron chi connectivity index (χ4n) is 3.95. The predicted octanol–water partition coefficient (Wildman–Crippen LogP) is 0.640. The molecule has 154 valence electrons. The molecule has 0 radical (unpaired) electrons. The van der Waals surface area contributed by atoms with E-state index in [0.29, 0.717) is 5.92 Å². The van der Waals surface area contributed by atoms with Gasteiger partial charge in [-0.15, -0.1) is 0 Å². The van der Waals surface area contributed by atoms with E-state index in [4.69, 9.17) is 4.74 Å². The Morgan fingerprint density at radius 3 is 2.69 bits per heavy atom. The van der Waals surface area contributed by atoms with Crippen molar-refractivity contribution < 1.29 is 17.9 Å². The molecule has 9 nitrogen and oxygen atoms in total. The number of nitrogens with one attached hydrogen (secondary N) is 2. The molecular weight excluding hydrogens is 398 g/mol. The highest BCUT2D eigenvalue weighted by Gasteiger charge is 2.58. The molecule has 0 spiro atoms. The lowest BCUT2D eigenvalue weighted by Crippen LogP contribution is -2.67. The van der Waals surface area contributed by atoms with Gasteiger partial charge in [-0.1, -0.05) is 6.08 Å². The summed E-state index contributed by atoms with van der Waals surface area (Å²) < 4.78 is 33.8. The number of carbonyl (C=O) groups excluding carboxylic acids is 1. The average molecular weight is 419 g/mol. The van der Waals surface area contributed by atoms with Gasteiger partial charge in [-0.25, -0.2) is 22.7 Å². The quantitative estimate of drug-likeness (QED) is 0.501. The number of ether oxygens (including phenoxy) is 1. The van der Waals surface area contributed by atoms with Gasteiger partial charge in [0, 0.05) is 18.2 Å². The molecule has 2 N–H and O–H groups in total. The fraction of sp³-hybridized carbons (Fsp3) is 0.421. The highest BCUT2D eigenvalue weighted by Crippen LogP contribution is 2.57. The van der Waals surface area contributed by atoms with E-state index < -0.39 is 27.2 Å². The summed E-state index contributed by atoms with van der Waals surface area (Å²) in [5.41, 5.74) is -1.38. The number of aromatic nitrogens is 2. The minimum absolute atomic E-state index is 0.0208. The van der Waals surface area contributed by atoms with Gasteiger partial charge in [0.15, 0.2) is 0 Å². The lowest BCUT2D eigenvalue weighted by Gasteiger charge is -2.61. The van der Waals surface area contributed by atoms with E-state index in [9.17, 15) is 22.8 Å². The van der Waals surface area contributed by atoms with Gasteiger partial charge in [-0.2, -0.15) is 0 Å². The van der Waals surface area contributed by atoms with Crippen LogP contribution in [0.25, 0.3) is 10.9 Å². The summed E-state index contributed by atoms with van der Waals surface area (Å²) in [5.74, 6) is 0.0417. The summed E-state index contributed by atoms with van der Waals surface area (Å²) in [4.78, 5) is 38.9. The van der Waals surface area contributed by atoms with Crippen LogP contribution in [-0.2, 0) is 26.1 Å². The zero-order valence-electron chi connectivity index (χ0n) is 15.8. The summed E-state index contributed by atoms with van der Waals surface area (Å²) in [7, 11) is -3.77. The molecule has 3 fully saturated rings. The standard InChI is InChI=1S/C19H21N3O6S/c1-2-28-16(23)4-3-7-22-17(24)14-8-13(5-6-15(14)20-18(22)25)29(26,27)21-19-9-12(10-19)11-19/h3-6,8,12,21H,2,7,9-11H2,1H3,(H,20,25)/b4-3+. The third-order valence-electron chi connectivity index (χ3n) is 5.48. The second-order valence-electron chi connectivity index (χ2n) is 7.57. The largest absolute Gasteiger partial charge is 0.463 e. The summed E-state index contributed by atoms with van der Waals surface area (Å²) in [6, 6.07) is 4.05. The fourth-order valence-corrected chi connectivity index (χ4v) is 5.41. The molecule has 10 heteroatoms. The van der Waals surface area contributed by atoms with Gasteiger partial charge >= 0.3 is 11.7 Å². The van der Waals surface area contributed by atoms with Crippen molar-refractivity contribution in [3.63, 3.8) is 0 Å². The molecule has 2 bridgehead atoms. The number of fused-ring (bicyclic) bond motifs is 1. The van der Waals surface area contributed by atoms with Gasteiger partial charge in [0.2, 0.25) is 10.0 Å². The van der Waals surface area contributed by atoms with E-state index in [1.165, 1.54) is 24.3 Å². The number of esters is 1. The molecule has 5 rings (SSSR count). The van der Waals surface area contributed by atoms with E-state index in [1.54, 1.807) is 6.92 Å². The van der Waals surface area contributed by atoms with Crippen LogP contribution >= 0.6 is 0 Å². The van der Waals surface area contributed by atoms with Crippen molar-refractivity contribution in [1.82, 2.24) is 14.3 Å². The van der Waals surface area contributed by atoms with Crippen LogP contribution in [0.5, 0.6) is 0 Å². The maximum absolute atomic E-state index is 12.8. The van der Waals surface area contributed by atoms with Crippen LogP contribution in [0.1, 0.15) is 26.2 Å². The molecule has 0 amide bonds. The van der Waals surface area contributed by atoms with Gasteiger partial charge in [0.1, 0.15) is 0 Å². The van der Waals surface area contributed by atoms with Crippen molar-refractivity contribution in [1.29, 1.82) is 0 Å². The van der Waals surface area contributed by atoms with Crippen molar-refractivity contribution >= 4 is 26.9 Å². The van der Waals surface area contributed by atoms with Crippen LogP contribution in [0.2, 0.25) is 0 Å². The number of nitrogens with zero attached hydrogens (tertiary/aromatic N) is 1. The summed E-state index contributed by atoms with van der Waals surface area (Å²) in [5, 5.41) is 0.0783. The minimum atomic E-state index is -3.77. The topological polar surface area (TPSA) is 127 Å². The predicted molar refractivity (Wildman–Crippen MR) is 105 cm³/mol. The monoisotopic (exact) mass is 419 g/mol. The maximum atomic E-state index is 12.8. The Labute approximate surface area is 166 Å². The molecule has 3 saturated carbocycles. The average Bonchev–Trinajstić information content (AvgIpc) is 2.60. The number of sulfonamides is 1. The smallest absolute Gasteiger partial charge is 0.330 e. The van der Waals surface area contributed by atoms with Crippen molar-refractivity contribution in [2.24, 2.45) is 5.92 Å². The van der Waals surface area contributed by atoms with Gasteiger partial charge in [0.25, 0.3) is 5.56 Å². The third kappa shape index (κ3) is 3.53.